The molecule has 0 aliphatic rings. The standard InChI is InChI=1S/C21H16F2N2O2S/c22-14-5-7-15(8-6-14)24-20(26)13-28-17-11-9-16(10-12-17)25-21(27)18-3-1-2-4-19(18)23/h1-12H,13H2,(H,24,26)(H,25,27). The minimum atomic E-state index is -0.584. The first-order valence-electron chi connectivity index (χ1n) is 8.35. The molecule has 0 heterocycles. The van der Waals surface area contributed by atoms with Gasteiger partial charge in [0.15, 0.2) is 0 Å². The van der Waals surface area contributed by atoms with Crippen LogP contribution in [0.1, 0.15) is 10.4 Å². The highest BCUT2D eigenvalue weighted by atomic mass is 32.2. The van der Waals surface area contributed by atoms with Crippen LogP contribution < -0.4 is 10.6 Å². The van der Waals surface area contributed by atoms with Gasteiger partial charge in [-0.2, -0.15) is 0 Å². The van der Waals surface area contributed by atoms with Gasteiger partial charge in [0.2, 0.25) is 5.91 Å². The van der Waals surface area contributed by atoms with Crippen molar-refractivity contribution in [3.63, 3.8) is 0 Å². The van der Waals surface area contributed by atoms with E-state index in [-0.39, 0.29) is 23.0 Å². The lowest BCUT2D eigenvalue weighted by Crippen LogP contribution is -2.14. The average molecular weight is 398 g/mol. The van der Waals surface area contributed by atoms with Gasteiger partial charge in [0.1, 0.15) is 11.6 Å². The molecule has 0 aliphatic carbocycles. The van der Waals surface area contributed by atoms with Crippen LogP contribution in [0.25, 0.3) is 0 Å². The molecule has 3 aromatic rings. The second-order valence-electron chi connectivity index (χ2n) is 5.80. The molecule has 0 aliphatic heterocycles. The highest BCUT2D eigenvalue weighted by Crippen LogP contribution is 2.21. The maximum absolute atomic E-state index is 13.6. The van der Waals surface area contributed by atoms with Crippen LogP contribution >= 0.6 is 11.8 Å². The Balaban J connectivity index is 1.51. The minimum Gasteiger partial charge on any atom is -0.325 e. The van der Waals surface area contributed by atoms with Gasteiger partial charge < -0.3 is 10.6 Å². The zero-order chi connectivity index (χ0) is 19.9. The largest absolute Gasteiger partial charge is 0.325 e. The van der Waals surface area contributed by atoms with Gasteiger partial charge in [-0.1, -0.05) is 12.1 Å². The molecule has 0 saturated heterocycles. The Kier molecular flexibility index (Phi) is 6.39. The molecular formula is C21H16F2N2O2S. The van der Waals surface area contributed by atoms with Crippen LogP contribution in [0.15, 0.2) is 77.7 Å². The number of thioether (sulfide) groups is 1. The lowest BCUT2D eigenvalue weighted by molar-refractivity contribution is -0.113. The summed E-state index contributed by atoms with van der Waals surface area (Å²) in [5, 5.41) is 5.31. The van der Waals surface area contributed by atoms with Crippen LogP contribution in [0.4, 0.5) is 20.2 Å². The van der Waals surface area contributed by atoms with E-state index in [4.69, 9.17) is 0 Å². The summed E-state index contributed by atoms with van der Waals surface area (Å²) in [6.45, 7) is 0. The number of hydrogen-bond acceptors (Lipinski definition) is 3. The van der Waals surface area contributed by atoms with Gasteiger partial charge in [-0.15, -0.1) is 11.8 Å². The first-order chi connectivity index (χ1) is 13.5. The van der Waals surface area contributed by atoms with Crippen LogP contribution in [-0.2, 0) is 4.79 Å². The van der Waals surface area contributed by atoms with E-state index in [1.807, 2.05) is 0 Å². The molecule has 7 heteroatoms. The molecule has 28 heavy (non-hydrogen) atoms. The Morgan fingerprint density at radius 3 is 2.07 bits per heavy atom. The number of carbonyl (C=O) groups excluding carboxylic acids is 2. The third kappa shape index (κ3) is 5.40. The minimum absolute atomic E-state index is 0.0292. The molecule has 0 bridgehead atoms. The van der Waals surface area contributed by atoms with Crippen molar-refractivity contribution in [1.82, 2.24) is 0 Å². The fourth-order valence-electron chi connectivity index (χ4n) is 2.36. The van der Waals surface area contributed by atoms with Gasteiger partial charge in [-0.3, -0.25) is 9.59 Å². The number of anilines is 2. The first-order valence-corrected chi connectivity index (χ1v) is 9.34. The van der Waals surface area contributed by atoms with Crippen molar-refractivity contribution in [2.24, 2.45) is 0 Å². The highest BCUT2D eigenvalue weighted by Gasteiger charge is 2.11. The fourth-order valence-corrected chi connectivity index (χ4v) is 3.06. The second-order valence-corrected chi connectivity index (χ2v) is 6.85. The Morgan fingerprint density at radius 2 is 1.39 bits per heavy atom. The Bertz CT molecular complexity index is 976. The summed E-state index contributed by atoms with van der Waals surface area (Å²) in [5.74, 6) is -1.52. The van der Waals surface area contributed by atoms with Crippen LogP contribution in [0.5, 0.6) is 0 Å². The van der Waals surface area contributed by atoms with Crippen molar-refractivity contribution in [2.75, 3.05) is 16.4 Å². The monoisotopic (exact) mass is 398 g/mol. The van der Waals surface area contributed by atoms with Gasteiger partial charge in [-0.25, -0.2) is 8.78 Å². The number of nitrogens with one attached hydrogen (secondary N) is 2. The van der Waals surface area contributed by atoms with E-state index in [1.54, 1.807) is 30.3 Å². The zero-order valence-corrected chi connectivity index (χ0v) is 15.4. The molecule has 2 amide bonds. The van der Waals surface area contributed by atoms with E-state index in [0.717, 1.165) is 4.90 Å². The molecule has 0 fully saturated rings. The summed E-state index contributed by atoms with van der Waals surface area (Å²) in [4.78, 5) is 24.9. The van der Waals surface area contributed by atoms with Crippen molar-refractivity contribution in [2.45, 2.75) is 4.90 Å². The topological polar surface area (TPSA) is 58.2 Å². The third-order valence-electron chi connectivity index (χ3n) is 3.73. The van der Waals surface area contributed by atoms with E-state index in [1.165, 1.54) is 54.2 Å². The van der Waals surface area contributed by atoms with Crippen LogP contribution in [0.2, 0.25) is 0 Å². The number of rotatable bonds is 6. The van der Waals surface area contributed by atoms with Crippen molar-refractivity contribution >= 4 is 35.0 Å². The molecule has 2 N–H and O–H groups in total. The summed E-state index contributed by atoms with van der Waals surface area (Å²) in [7, 11) is 0. The van der Waals surface area contributed by atoms with Crippen molar-refractivity contribution in [3.05, 3.63) is 90.0 Å². The van der Waals surface area contributed by atoms with E-state index in [9.17, 15) is 18.4 Å². The van der Waals surface area contributed by atoms with Crippen LogP contribution in [-0.4, -0.2) is 17.6 Å². The third-order valence-corrected chi connectivity index (χ3v) is 4.74. The fraction of sp³-hybridized carbons (Fsp3) is 0.0476. The van der Waals surface area contributed by atoms with Crippen molar-refractivity contribution < 1.29 is 18.4 Å². The average Bonchev–Trinajstić information content (AvgIpc) is 2.69. The molecular weight excluding hydrogens is 382 g/mol. The normalized spacial score (nSPS) is 10.4. The Morgan fingerprint density at radius 1 is 0.786 bits per heavy atom. The lowest BCUT2D eigenvalue weighted by atomic mass is 10.2. The van der Waals surface area contributed by atoms with E-state index in [0.29, 0.717) is 11.4 Å². The van der Waals surface area contributed by atoms with Crippen LogP contribution in [0.3, 0.4) is 0 Å². The van der Waals surface area contributed by atoms with Gasteiger partial charge in [0.05, 0.1) is 11.3 Å². The van der Waals surface area contributed by atoms with Crippen LogP contribution in [0, 0.1) is 11.6 Å². The molecule has 4 nitrogen and oxygen atoms in total. The van der Waals surface area contributed by atoms with Gasteiger partial charge in [0.25, 0.3) is 5.91 Å². The summed E-state index contributed by atoms with van der Waals surface area (Å²) in [6, 6.07) is 18.2. The SMILES string of the molecule is O=C(CSc1ccc(NC(=O)c2ccccc2F)cc1)Nc1ccc(F)cc1. The van der Waals surface area contributed by atoms with Crippen molar-refractivity contribution in [1.29, 1.82) is 0 Å². The number of benzene rings is 3. The second kappa shape index (κ2) is 9.14. The molecule has 142 valence electrons. The van der Waals surface area contributed by atoms with Gasteiger partial charge in [0, 0.05) is 16.3 Å². The molecule has 3 aromatic carbocycles. The lowest BCUT2D eigenvalue weighted by Gasteiger charge is -2.08. The summed E-state index contributed by atoms with van der Waals surface area (Å²) in [6.07, 6.45) is 0. The molecule has 0 spiro atoms. The van der Waals surface area contributed by atoms with Gasteiger partial charge >= 0.3 is 0 Å². The number of hydrogen-bond donors (Lipinski definition) is 2. The summed E-state index contributed by atoms with van der Waals surface area (Å²) < 4.78 is 26.5. The van der Waals surface area contributed by atoms with Crippen molar-refractivity contribution in [3.8, 4) is 0 Å². The van der Waals surface area contributed by atoms with E-state index in [2.05, 4.69) is 10.6 Å². The van der Waals surface area contributed by atoms with E-state index < -0.39 is 11.7 Å². The van der Waals surface area contributed by atoms with Gasteiger partial charge in [-0.05, 0) is 60.7 Å². The summed E-state index contributed by atoms with van der Waals surface area (Å²) >= 11 is 1.32. The predicted octanol–water partition coefficient (Wildman–Crippen LogP) is 4.95. The number of carbonyl (C=O) groups is 2. The molecule has 0 atom stereocenters. The molecule has 0 saturated carbocycles. The zero-order valence-electron chi connectivity index (χ0n) is 14.6. The Hall–Kier alpha value is -3.19. The smallest absolute Gasteiger partial charge is 0.258 e. The molecule has 3 rings (SSSR count). The Labute approximate surface area is 165 Å². The molecule has 0 unspecified atom stereocenters. The summed E-state index contributed by atoms with van der Waals surface area (Å²) in [5.41, 5.74) is 1.02. The highest BCUT2D eigenvalue weighted by molar-refractivity contribution is 8.00. The maximum atomic E-state index is 13.6. The first kappa shape index (κ1) is 19.6. The molecule has 0 radical (unpaired) electrons. The quantitative estimate of drug-likeness (QED) is 0.578. The molecule has 0 aromatic heterocycles. The predicted molar refractivity (Wildman–Crippen MR) is 107 cm³/mol. The number of amides is 2. The maximum Gasteiger partial charge on any atom is 0.258 e. The number of halogens is 2. The van der Waals surface area contributed by atoms with E-state index >= 15 is 0 Å².